The average molecular weight is 483 g/mol. The van der Waals surface area contributed by atoms with Crippen molar-refractivity contribution in [3.8, 4) is 5.75 Å². The van der Waals surface area contributed by atoms with Crippen molar-refractivity contribution in [1.82, 2.24) is 9.55 Å². The molecule has 0 unspecified atom stereocenters. The Labute approximate surface area is 187 Å². The first-order chi connectivity index (χ1) is 13.4. The normalized spacial score (nSPS) is 10.9. The molecule has 0 saturated heterocycles. The van der Waals surface area contributed by atoms with Crippen molar-refractivity contribution < 1.29 is 4.74 Å². The van der Waals surface area contributed by atoms with Gasteiger partial charge in [-0.15, -0.1) is 12.4 Å². The zero-order chi connectivity index (χ0) is 20.4. The van der Waals surface area contributed by atoms with Gasteiger partial charge < -0.3 is 25.3 Å². The zero-order valence-electron chi connectivity index (χ0n) is 17.5. The van der Waals surface area contributed by atoms with Crippen molar-refractivity contribution in [1.29, 1.82) is 0 Å². The summed E-state index contributed by atoms with van der Waals surface area (Å²) >= 11 is 3.53. The van der Waals surface area contributed by atoms with E-state index in [9.17, 15) is 0 Å². The Morgan fingerprint density at radius 2 is 2.03 bits per heavy atom. The van der Waals surface area contributed by atoms with Gasteiger partial charge in [0.05, 0.1) is 29.5 Å². The van der Waals surface area contributed by atoms with Gasteiger partial charge in [0.15, 0.2) is 0 Å². The molecule has 1 heterocycles. The molecule has 3 N–H and O–H groups in total. The van der Waals surface area contributed by atoms with E-state index < -0.39 is 0 Å². The van der Waals surface area contributed by atoms with Crippen LogP contribution in [0.25, 0.3) is 11.0 Å². The van der Waals surface area contributed by atoms with Crippen molar-refractivity contribution in [3.05, 3.63) is 40.4 Å². The third-order valence-electron chi connectivity index (χ3n) is 4.90. The van der Waals surface area contributed by atoms with Gasteiger partial charge in [-0.1, -0.05) is 22.0 Å². The second-order valence-electron chi connectivity index (χ2n) is 7.14. The number of fused-ring (bicyclic) bond motifs is 1. The fraction of sp³-hybridized carbons (Fsp3) is 0.381. The van der Waals surface area contributed by atoms with Crippen molar-refractivity contribution in [2.75, 3.05) is 30.4 Å². The van der Waals surface area contributed by atoms with Crippen LogP contribution >= 0.6 is 28.3 Å². The first kappa shape index (κ1) is 23.3. The molecule has 0 aliphatic heterocycles. The van der Waals surface area contributed by atoms with E-state index in [-0.39, 0.29) is 12.4 Å². The minimum absolute atomic E-state index is 0. The predicted octanol–water partition coefficient (Wildman–Crippen LogP) is 4.99. The number of rotatable bonds is 7. The third kappa shape index (κ3) is 4.63. The first-order valence-corrected chi connectivity index (χ1v) is 10.2. The summed E-state index contributed by atoms with van der Waals surface area (Å²) in [5.41, 5.74) is 11.0. The van der Waals surface area contributed by atoms with E-state index in [1.54, 1.807) is 7.11 Å². The van der Waals surface area contributed by atoms with Crippen LogP contribution in [0.5, 0.6) is 5.75 Å². The Hall–Kier alpha value is -1.96. The highest BCUT2D eigenvalue weighted by atomic mass is 79.9. The van der Waals surface area contributed by atoms with Crippen LogP contribution in [0.2, 0.25) is 0 Å². The lowest BCUT2D eigenvalue weighted by atomic mass is 10.2. The van der Waals surface area contributed by atoms with Gasteiger partial charge in [0, 0.05) is 30.7 Å². The number of aryl methyl sites for hydroxylation is 2. The van der Waals surface area contributed by atoms with Crippen molar-refractivity contribution in [3.63, 3.8) is 0 Å². The molecule has 0 amide bonds. The van der Waals surface area contributed by atoms with Gasteiger partial charge in [-0.2, -0.15) is 0 Å². The van der Waals surface area contributed by atoms with Crippen LogP contribution in [-0.4, -0.2) is 35.8 Å². The monoisotopic (exact) mass is 481 g/mol. The maximum atomic E-state index is 5.86. The Bertz CT molecular complexity index is 989. The summed E-state index contributed by atoms with van der Waals surface area (Å²) in [7, 11) is 3.70. The molecule has 0 aliphatic carbocycles. The minimum Gasteiger partial charge on any atom is -0.495 e. The second-order valence-corrected chi connectivity index (χ2v) is 8.06. The minimum atomic E-state index is 0. The molecule has 0 spiro atoms. The molecular formula is C21H29BrClN5O. The Morgan fingerprint density at radius 1 is 1.31 bits per heavy atom. The van der Waals surface area contributed by atoms with E-state index >= 15 is 0 Å². The van der Waals surface area contributed by atoms with Crippen LogP contribution < -0.4 is 20.7 Å². The number of halogens is 2. The van der Waals surface area contributed by atoms with Gasteiger partial charge in [-0.05, 0) is 50.6 Å². The lowest BCUT2D eigenvalue weighted by Gasteiger charge is -2.29. The summed E-state index contributed by atoms with van der Waals surface area (Å²) in [6.45, 7) is 7.81. The van der Waals surface area contributed by atoms with Crippen molar-refractivity contribution in [2.45, 2.75) is 26.8 Å². The van der Waals surface area contributed by atoms with Crippen molar-refractivity contribution >= 4 is 56.7 Å². The maximum absolute atomic E-state index is 5.86. The van der Waals surface area contributed by atoms with Crippen LogP contribution in [0, 0.1) is 6.92 Å². The summed E-state index contributed by atoms with van der Waals surface area (Å²) < 4.78 is 8.64. The van der Waals surface area contributed by atoms with Gasteiger partial charge in [0.1, 0.15) is 5.75 Å². The number of nitrogens with one attached hydrogen (secondary N) is 1. The number of para-hydroxylation sites is 1. The number of nitrogens with zero attached hydrogens (tertiary/aromatic N) is 3. The number of ether oxygens (including phenoxy) is 1. The molecule has 0 fully saturated rings. The molecule has 8 heteroatoms. The topological polar surface area (TPSA) is 68.3 Å². The second kappa shape index (κ2) is 9.69. The van der Waals surface area contributed by atoms with Gasteiger partial charge >= 0.3 is 0 Å². The quantitative estimate of drug-likeness (QED) is 0.496. The summed E-state index contributed by atoms with van der Waals surface area (Å²) in [5, 5.41) is 3.47. The van der Waals surface area contributed by atoms with E-state index in [1.165, 1.54) is 0 Å². The van der Waals surface area contributed by atoms with Crippen LogP contribution in [-0.2, 0) is 7.05 Å². The van der Waals surface area contributed by atoms with E-state index in [4.69, 9.17) is 15.5 Å². The van der Waals surface area contributed by atoms with Crippen LogP contribution in [0.3, 0.4) is 0 Å². The standard InChI is InChI=1S/C21H28BrN5O.ClH/c1-13(2)27(10-9-23)17-8-6-7-16-20(17)26(4)21(24-16)25-19-14(3)11-15(22)12-18(19)28-5;/h6-8,11-13H,9-10,23H2,1-5H3,(H,24,25);1H. The number of aromatic nitrogens is 2. The largest absolute Gasteiger partial charge is 0.495 e. The van der Waals surface area contributed by atoms with Gasteiger partial charge in [-0.25, -0.2) is 4.98 Å². The number of methoxy groups -OCH3 is 1. The maximum Gasteiger partial charge on any atom is 0.208 e. The third-order valence-corrected chi connectivity index (χ3v) is 5.35. The fourth-order valence-corrected chi connectivity index (χ4v) is 4.08. The highest BCUT2D eigenvalue weighted by Crippen LogP contribution is 2.36. The van der Waals surface area contributed by atoms with Gasteiger partial charge in [0.2, 0.25) is 5.95 Å². The van der Waals surface area contributed by atoms with E-state index in [2.05, 4.69) is 56.7 Å². The van der Waals surface area contributed by atoms with Gasteiger partial charge in [0.25, 0.3) is 0 Å². The number of hydrogen-bond acceptors (Lipinski definition) is 5. The van der Waals surface area contributed by atoms with Crippen LogP contribution in [0.15, 0.2) is 34.8 Å². The Balaban J connectivity index is 0.00000300. The van der Waals surface area contributed by atoms with Crippen LogP contribution in [0.4, 0.5) is 17.3 Å². The van der Waals surface area contributed by atoms with Crippen molar-refractivity contribution in [2.24, 2.45) is 12.8 Å². The number of benzene rings is 2. The zero-order valence-corrected chi connectivity index (χ0v) is 19.9. The summed E-state index contributed by atoms with van der Waals surface area (Å²) in [6.07, 6.45) is 0. The molecular weight excluding hydrogens is 454 g/mol. The van der Waals surface area contributed by atoms with Gasteiger partial charge in [-0.3, -0.25) is 0 Å². The molecule has 0 radical (unpaired) electrons. The number of imidazole rings is 1. The molecule has 0 saturated carbocycles. The lowest BCUT2D eigenvalue weighted by molar-refractivity contribution is 0.416. The molecule has 0 aliphatic rings. The van der Waals surface area contributed by atoms with Crippen LogP contribution in [0.1, 0.15) is 19.4 Å². The molecule has 3 aromatic rings. The molecule has 6 nitrogen and oxygen atoms in total. The molecule has 0 bridgehead atoms. The SMILES string of the molecule is COc1cc(Br)cc(C)c1Nc1nc2cccc(N(CCN)C(C)C)c2n1C.Cl. The number of hydrogen-bond donors (Lipinski definition) is 2. The highest BCUT2D eigenvalue weighted by Gasteiger charge is 2.19. The smallest absolute Gasteiger partial charge is 0.208 e. The first-order valence-electron chi connectivity index (χ1n) is 9.40. The molecule has 2 aromatic carbocycles. The van der Waals surface area contributed by atoms with E-state index in [0.29, 0.717) is 12.6 Å². The van der Waals surface area contributed by atoms with E-state index in [1.807, 2.05) is 32.2 Å². The van der Waals surface area contributed by atoms with E-state index in [0.717, 1.165) is 50.7 Å². The molecule has 0 atom stereocenters. The average Bonchev–Trinajstić information content (AvgIpc) is 2.97. The lowest BCUT2D eigenvalue weighted by Crippen LogP contribution is -2.35. The number of nitrogens with two attached hydrogens (primary N) is 1. The summed E-state index contributed by atoms with van der Waals surface area (Å²) in [6, 6.07) is 10.6. The Kier molecular flexibility index (Phi) is 7.80. The predicted molar refractivity (Wildman–Crippen MR) is 128 cm³/mol. The Morgan fingerprint density at radius 3 is 2.66 bits per heavy atom. The summed E-state index contributed by atoms with van der Waals surface area (Å²) in [5.74, 6) is 1.54. The number of anilines is 3. The molecule has 3 rings (SSSR count). The molecule has 29 heavy (non-hydrogen) atoms. The highest BCUT2D eigenvalue weighted by molar-refractivity contribution is 9.10. The fourth-order valence-electron chi connectivity index (χ4n) is 3.53. The molecule has 158 valence electrons. The summed E-state index contributed by atoms with van der Waals surface area (Å²) in [4.78, 5) is 7.15. The molecule has 1 aromatic heterocycles.